The average molecular weight is 390 g/mol. The van der Waals surface area contributed by atoms with E-state index in [2.05, 4.69) is 4.84 Å². The summed E-state index contributed by atoms with van der Waals surface area (Å²) in [4.78, 5) is 38.0. The molecular weight excluding hydrogens is 372 g/mol. The SMILES string of the molecule is CSSCCOC(=O)c1cc(N)ccc1OC(=O)CCCO[N+](=O)[O-]. The van der Waals surface area contributed by atoms with Crippen LogP contribution in [0, 0.1) is 10.1 Å². The van der Waals surface area contributed by atoms with Gasteiger partial charge in [0.15, 0.2) is 0 Å². The molecule has 0 amide bonds. The van der Waals surface area contributed by atoms with Gasteiger partial charge in [0.2, 0.25) is 0 Å². The molecule has 0 saturated heterocycles. The third-order valence-corrected chi connectivity index (χ3v) is 4.46. The summed E-state index contributed by atoms with van der Waals surface area (Å²) < 4.78 is 10.2. The van der Waals surface area contributed by atoms with Crippen LogP contribution in [-0.4, -0.2) is 42.2 Å². The molecule has 0 aliphatic rings. The Morgan fingerprint density at radius 3 is 2.76 bits per heavy atom. The van der Waals surface area contributed by atoms with Crippen molar-refractivity contribution in [2.75, 3.05) is 31.0 Å². The van der Waals surface area contributed by atoms with Crippen LogP contribution in [0.3, 0.4) is 0 Å². The number of esters is 2. The Labute approximate surface area is 152 Å². The number of carbonyl (C=O) groups excluding carboxylic acids is 2. The molecular formula is C14H18N2O7S2. The second-order valence-corrected chi connectivity index (χ2v) is 7.20. The minimum absolute atomic E-state index is 0.0249. The van der Waals surface area contributed by atoms with Gasteiger partial charge in [0.1, 0.15) is 17.9 Å². The molecule has 9 nitrogen and oxygen atoms in total. The Bertz CT molecular complexity index is 613. The van der Waals surface area contributed by atoms with E-state index < -0.39 is 17.0 Å². The molecule has 0 aromatic heterocycles. The lowest BCUT2D eigenvalue weighted by Gasteiger charge is -2.11. The van der Waals surface area contributed by atoms with Crippen LogP contribution in [0.15, 0.2) is 18.2 Å². The summed E-state index contributed by atoms with van der Waals surface area (Å²) >= 11 is 0. The maximum Gasteiger partial charge on any atom is 0.342 e. The fourth-order valence-corrected chi connectivity index (χ4v) is 2.68. The van der Waals surface area contributed by atoms with E-state index in [1.807, 2.05) is 6.26 Å². The Balaban J connectivity index is 2.62. The molecule has 0 radical (unpaired) electrons. The predicted molar refractivity (Wildman–Crippen MR) is 94.9 cm³/mol. The molecule has 1 aromatic carbocycles. The van der Waals surface area contributed by atoms with E-state index in [0.717, 1.165) is 0 Å². The second kappa shape index (κ2) is 11.4. The zero-order valence-electron chi connectivity index (χ0n) is 13.5. The summed E-state index contributed by atoms with van der Waals surface area (Å²) in [5, 5.41) is 9.08. The third-order valence-electron chi connectivity index (χ3n) is 2.69. The standard InChI is InChI=1S/C14H18N2O7S2/c1-24-25-8-7-21-14(18)11-9-10(15)4-5-12(11)23-13(17)3-2-6-22-16(19)20/h4-5,9H,2-3,6-8,15H2,1H3. The number of hydrogen-bond donors (Lipinski definition) is 1. The van der Waals surface area contributed by atoms with Gasteiger partial charge in [0.05, 0.1) is 6.61 Å². The molecule has 0 aliphatic carbocycles. The quantitative estimate of drug-likeness (QED) is 0.114. The highest BCUT2D eigenvalue weighted by Crippen LogP contribution is 2.23. The summed E-state index contributed by atoms with van der Waals surface area (Å²) in [5.41, 5.74) is 6.03. The van der Waals surface area contributed by atoms with Crippen molar-refractivity contribution in [1.82, 2.24) is 0 Å². The molecule has 0 fully saturated rings. The first-order valence-electron chi connectivity index (χ1n) is 7.14. The van der Waals surface area contributed by atoms with Crippen molar-refractivity contribution in [3.63, 3.8) is 0 Å². The van der Waals surface area contributed by atoms with Gasteiger partial charge in [-0.2, -0.15) is 0 Å². The van der Waals surface area contributed by atoms with Crippen molar-refractivity contribution < 1.29 is 29.0 Å². The molecule has 25 heavy (non-hydrogen) atoms. The van der Waals surface area contributed by atoms with Crippen LogP contribution in [0.5, 0.6) is 5.75 Å². The molecule has 0 aliphatic heterocycles. The summed E-state index contributed by atoms with van der Waals surface area (Å²) in [6, 6.07) is 4.25. The first-order valence-corrected chi connectivity index (χ1v) is 9.87. The zero-order valence-corrected chi connectivity index (χ0v) is 15.1. The van der Waals surface area contributed by atoms with E-state index in [-0.39, 0.29) is 37.4 Å². The summed E-state index contributed by atoms with van der Waals surface area (Å²) in [5.74, 6) is -0.644. The van der Waals surface area contributed by atoms with Crippen LogP contribution >= 0.6 is 21.6 Å². The highest BCUT2D eigenvalue weighted by atomic mass is 33.1. The molecule has 1 rings (SSSR count). The molecule has 0 saturated carbocycles. The van der Waals surface area contributed by atoms with Crippen LogP contribution in [0.25, 0.3) is 0 Å². The molecule has 1 aromatic rings. The molecule has 138 valence electrons. The highest BCUT2D eigenvalue weighted by molar-refractivity contribution is 8.76. The molecule has 0 atom stereocenters. The van der Waals surface area contributed by atoms with Gasteiger partial charge in [-0.25, -0.2) is 4.79 Å². The number of benzene rings is 1. The van der Waals surface area contributed by atoms with Crippen LogP contribution in [0.4, 0.5) is 5.69 Å². The van der Waals surface area contributed by atoms with E-state index in [1.165, 1.54) is 18.2 Å². The van der Waals surface area contributed by atoms with E-state index in [1.54, 1.807) is 21.6 Å². The van der Waals surface area contributed by atoms with Crippen molar-refractivity contribution in [3.8, 4) is 5.75 Å². The summed E-state index contributed by atoms with van der Waals surface area (Å²) in [6.07, 6.45) is 1.93. The van der Waals surface area contributed by atoms with Gasteiger partial charge >= 0.3 is 11.9 Å². The largest absolute Gasteiger partial charge is 0.461 e. The Kier molecular flexibility index (Phi) is 9.55. The average Bonchev–Trinajstić information content (AvgIpc) is 2.57. The van der Waals surface area contributed by atoms with Crippen molar-refractivity contribution in [2.24, 2.45) is 0 Å². The number of nitrogens with zero attached hydrogens (tertiary/aromatic N) is 1. The van der Waals surface area contributed by atoms with Gasteiger partial charge < -0.3 is 20.0 Å². The summed E-state index contributed by atoms with van der Waals surface area (Å²) in [6.45, 7) is -0.00337. The van der Waals surface area contributed by atoms with Gasteiger partial charge in [-0.3, -0.25) is 4.79 Å². The fourth-order valence-electron chi connectivity index (χ4n) is 1.65. The number of hydrogen-bond acceptors (Lipinski definition) is 10. The van der Waals surface area contributed by atoms with Crippen LogP contribution in [0.1, 0.15) is 23.2 Å². The monoisotopic (exact) mass is 390 g/mol. The normalized spacial score (nSPS) is 10.1. The number of rotatable bonds is 11. The van der Waals surface area contributed by atoms with E-state index in [4.69, 9.17) is 15.2 Å². The maximum atomic E-state index is 12.1. The zero-order chi connectivity index (χ0) is 18.7. The lowest BCUT2D eigenvalue weighted by atomic mass is 10.2. The second-order valence-electron chi connectivity index (χ2n) is 4.51. The fraction of sp³-hybridized carbons (Fsp3) is 0.429. The number of anilines is 1. The van der Waals surface area contributed by atoms with Crippen molar-refractivity contribution in [3.05, 3.63) is 33.9 Å². The number of nitrogens with two attached hydrogens (primary N) is 1. The molecule has 0 unspecified atom stereocenters. The number of nitrogen functional groups attached to an aromatic ring is 1. The highest BCUT2D eigenvalue weighted by Gasteiger charge is 2.17. The van der Waals surface area contributed by atoms with Crippen LogP contribution < -0.4 is 10.5 Å². The molecule has 11 heteroatoms. The number of carbonyl (C=O) groups is 2. The molecule has 0 heterocycles. The van der Waals surface area contributed by atoms with Crippen LogP contribution in [-0.2, 0) is 14.4 Å². The molecule has 2 N–H and O–H groups in total. The lowest BCUT2D eigenvalue weighted by Crippen LogP contribution is -2.14. The van der Waals surface area contributed by atoms with Gasteiger partial charge in [-0.1, -0.05) is 21.6 Å². The Hall–Kier alpha value is -2.14. The smallest absolute Gasteiger partial charge is 0.342 e. The van der Waals surface area contributed by atoms with E-state index in [0.29, 0.717) is 11.4 Å². The van der Waals surface area contributed by atoms with Gasteiger partial charge in [0.25, 0.3) is 5.09 Å². The van der Waals surface area contributed by atoms with Crippen molar-refractivity contribution in [1.29, 1.82) is 0 Å². The van der Waals surface area contributed by atoms with Gasteiger partial charge in [-0.15, -0.1) is 10.1 Å². The third kappa shape index (κ3) is 8.49. The summed E-state index contributed by atoms with van der Waals surface area (Å²) in [7, 11) is 3.10. The lowest BCUT2D eigenvalue weighted by molar-refractivity contribution is -0.757. The Morgan fingerprint density at radius 2 is 2.08 bits per heavy atom. The van der Waals surface area contributed by atoms with Crippen molar-refractivity contribution >= 4 is 39.2 Å². The maximum absolute atomic E-state index is 12.1. The first-order chi connectivity index (χ1) is 11.9. The minimum Gasteiger partial charge on any atom is -0.461 e. The van der Waals surface area contributed by atoms with E-state index >= 15 is 0 Å². The molecule has 0 spiro atoms. The molecule has 0 bridgehead atoms. The van der Waals surface area contributed by atoms with E-state index in [9.17, 15) is 19.7 Å². The first kappa shape index (κ1) is 20.9. The van der Waals surface area contributed by atoms with Crippen molar-refractivity contribution in [2.45, 2.75) is 12.8 Å². The van der Waals surface area contributed by atoms with Gasteiger partial charge in [0, 0.05) is 17.9 Å². The number of ether oxygens (including phenoxy) is 2. The van der Waals surface area contributed by atoms with Gasteiger partial charge in [-0.05, 0) is 30.9 Å². The topological polar surface area (TPSA) is 131 Å². The van der Waals surface area contributed by atoms with Crippen LogP contribution in [0.2, 0.25) is 0 Å². The Morgan fingerprint density at radius 1 is 1.32 bits per heavy atom. The minimum atomic E-state index is -0.936. The predicted octanol–water partition coefficient (Wildman–Crippen LogP) is 2.33.